The Labute approximate surface area is 156 Å². The number of rotatable bonds is 5. The number of aromatic nitrogens is 2. The van der Waals surface area contributed by atoms with Crippen molar-refractivity contribution >= 4 is 12.1 Å². The van der Waals surface area contributed by atoms with E-state index in [1.165, 1.54) is 17.0 Å². The molecule has 1 aromatic heterocycles. The summed E-state index contributed by atoms with van der Waals surface area (Å²) in [5.74, 6) is 0. The molecule has 3 heterocycles. The van der Waals surface area contributed by atoms with Gasteiger partial charge in [0.05, 0.1) is 24.5 Å². The third-order valence-electron chi connectivity index (χ3n) is 5.14. The van der Waals surface area contributed by atoms with Crippen LogP contribution in [0.2, 0.25) is 0 Å². The number of nitrogens with zero attached hydrogens (tertiary/aromatic N) is 5. The van der Waals surface area contributed by atoms with Gasteiger partial charge in [0.15, 0.2) is 0 Å². The van der Waals surface area contributed by atoms with Gasteiger partial charge in [0, 0.05) is 26.2 Å². The highest BCUT2D eigenvalue weighted by molar-refractivity contribution is 5.78. The Kier molecular flexibility index (Phi) is 4.23. The summed E-state index contributed by atoms with van der Waals surface area (Å²) < 4.78 is 1.71. The monoisotopic (exact) mass is 371 g/mol. The fourth-order valence-electron chi connectivity index (χ4n) is 3.75. The summed E-state index contributed by atoms with van der Waals surface area (Å²) in [5, 5.41) is 15.0. The van der Waals surface area contributed by atoms with Crippen molar-refractivity contribution in [3.63, 3.8) is 0 Å². The lowest BCUT2D eigenvalue weighted by molar-refractivity contribution is -0.141. The molecule has 9 heteroatoms. The van der Waals surface area contributed by atoms with Crippen molar-refractivity contribution in [2.75, 3.05) is 20.1 Å². The number of carbonyl (C=O) groups excluding carboxylic acids is 1. The molecule has 1 fully saturated rings. The summed E-state index contributed by atoms with van der Waals surface area (Å²) in [6, 6.07) is 8.73. The van der Waals surface area contributed by atoms with Gasteiger partial charge in [-0.1, -0.05) is 30.3 Å². The molecule has 1 N–H and O–H groups in total. The van der Waals surface area contributed by atoms with Crippen molar-refractivity contribution in [3.8, 4) is 0 Å². The van der Waals surface area contributed by atoms with Gasteiger partial charge in [-0.3, -0.25) is 9.52 Å². The molecule has 0 aliphatic carbocycles. The van der Waals surface area contributed by atoms with Gasteiger partial charge in [0.2, 0.25) is 0 Å². The summed E-state index contributed by atoms with van der Waals surface area (Å²) in [6.07, 6.45) is 0.701. The van der Waals surface area contributed by atoms with E-state index >= 15 is 0 Å². The number of urea groups is 1. The molecular formula is C18H21N5O4. The van der Waals surface area contributed by atoms with Crippen LogP contribution in [-0.2, 0) is 18.5 Å². The number of fused-ring (bicyclic) bond motifs is 4. The van der Waals surface area contributed by atoms with Crippen LogP contribution in [0.3, 0.4) is 0 Å². The van der Waals surface area contributed by atoms with Gasteiger partial charge < -0.3 is 14.9 Å². The van der Waals surface area contributed by atoms with E-state index in [4.69, 9.17) is 4.84 Å². The van der Waals surface area contributed by atoms with Crippen LogP contribution in [0.4, 0.5) is 9.59 Å². The second kappa shape index (κ2) is 6.58. The summed E-state index contributed by atoms with van der Waals surface area (Å²) in [5.41, 5.74) is 2.71. The molecule has 27 heavy (non-hydrogen) atoms. The van der Waals surface area contributed by atoms with Gasteiger partial charge in [0.25, 0.3) is 0 Å². The molecule has 0 radical (unpaired) electrons. The smallest absolute Gasteiger partial charge is 0.407 e. The van der Waals surface area contributed by atoms with Gasteiger partial charge in [-0.15, -0.1) is 0 Å². The molecule has 4 rings (SSSR count). The van der Waals surface area contributed by atoms with E-state index in [1.54, 1.807) is 22.8 Å². The zero-order chi connectivity index (χ0) is 19.1. The van der Waals surface area contributed by atoms with Gasteiger partial charge >= 0.3 is 12.1 Å². The highest BCUT2D eigenvalue weighted by atomic mass is 16.7. The molecule has 0 saturated carbocycles. The van der Waals surface area contributed by atoms with Crippen LogP contribution in [0.25, 0.3) is 0 Å². The quantitative estimate of drug-likeness (QED) is 0.868. The SMILES string of the molecule is CN(CC1c2c(cnn2C)[C@H]2CN1C(=O)N2OCc1ccccc1)C(=O)O. The molecular weight excluding hydrogens is 350 g/mol. The molecule has 142 valence electrons. The minimum atomic E-state index is -1.04. The number of carboxylic acid groups (broad SMARTS) is 1. The van der Waals surface area contributed by atoms with E-state index in [2.05, 4.69) is 5.10 Å². The van der Waals surface area contributed by atoms with Crippen LogP contribution in [0.5, 0.6) is 0 Å². The van der Waals surface area contributed by atoms with Gasteiger partial charge in [-0.05, 0) is 5.56 Å². The van der Waals surface area contributed by atoms with Crippen molar-refractivity contribution in [2.24, 2.45) is 7.05 Å². The van der Waals surface area contributed by atoms with Gasteiger partial charge in [0.1, 0.15) is 12.6 Å². The number of aryl methyl sites for hydroxylation is 1. The van der Waals surface area contributed by atoms with Crippen LogP contribution < -0.4 is 0 Å². The number of hydrogen-bond donors (Lipinski definition) is 1. The van der Waals surface area contributed by atoms with Gasteiger partial charge in [-0.2, -0.15) is 10.2 Å². The standard InChI is InChI=1S/C18H21N5O4/c1-20(18(25)26)9-15-16-13(8-19-21(16)2)14-10-22(15)17(24)23(14)27-11-12-6-4-3-5-7-12/h3-8,14-15H,9-11H2,1-2H3,(H,25,26)/t14-,15?/m1/s1. The Morgan fingerprint density at radius 1 is 1.37 bits per heavy atom. The predicted octanol–water partition coefficient (Wildman–Crippen LogP) is 2.00. The Hall–Kier alpha value is -3.07. The van der Waals surface area contributed by atoms with Crippen molar-refractivity contribution in [2.45, 2.75) is 18.7 Å². The van der Waals surface area contributed by atoms with Crippen LogP contribution in [0, 0.1) is 0 Å². The topological polar surface area (TPSA) is 91.1 Å². The first-order chi connectivity index (χ1) is 13.0. The number of hydroxylamine groups is 2. The fraction of sp³-hybridized carbons (Fsp3) is 0.389. The molecule has 1 saturated heterocycles. The molecule has 9 nitrogen and oxygen atoms in total. The molecule has 2 atom stereocenters. The van der Waals surface area contributed by atoms with Crippen molar-refractivity contribution in [1.82, 2.24) is 24.6 Å². The zero-order valence-electron chi connectivity index (χ0n) is 15.1. The number of likely N-dealkylation sites (N-methyl/N-ethyl adjacent to an activating group) is 1. The third kappa shape index (κ3) is 2.89. The van der Waals surface area contributed by atoms with Crippen LogP contribution >= 0.6 is 0 Å². The highest BCUT2D eigenvalue weighted by Crippen LogP contribution is 2.44. The van der Waals surface area contributed by atoms with Crippen LogP contribution in [0.1, 0.15) is 28.9 Å². The zero-order valence-corrected chi connectivity index (χ0v) is 15.1. The highest BCUT2D eigenvalue weighted by Gasteiger charge is 2.50. The predicted molar refractivity (Wildman–Crippen MR) is 94.5 cm³/mol. The molecule has 1 unspecified atom stereocenters. The summed E-state index contributed by atoms with van der Waals surface area (Å²) >= 11 is 0. The summed E-state index contributed by atoms with van der Waals surface area (Å²) in [4.78, 5) is 33.0. The van der Waals surface area contributed by atoms with E-state index in [0.717, 1.165) is 16.8 Å². The van der Waals surface area contributed by atoms with Crippen molar-refractivity contribution in [1.29, 1.82) is 0 Å². The molecule has 2 aliphatic heterocycles. The van der Waals surface area contributed by atoms with Crippen molar-refractivity contribution in [3.05, 3.63) is 53.3 Å². The Morgan fingerprint density at radius 3 is 2.81 bits per heavy atom. The molecule has 2 aromatic rings. The van der Waals surface area contributed by atoms with E-state index < -0.39 is 12.1 Å². The first-order valence-corrected chi connectivity index (χ1v) is 8.70. The summed E-state index contributed by atoms with van der Waals surface area (Å²) in [6.45, 7) is 0.906. The molecule has 3 amide bonds. The lowest BCUT2D eigenvalue weighted by Gasteiger charge is -2.33. The number of benzene rings is 1. The maximum atomic E-state index is 13.0. The van der Waals surface area contributed by atoms with Crippen LogP contribution in [-0.4, -0.2) is 62.0 Å². The largest absolute Gasteiger partial charge is 0.465 e. The molecule has 2 aliphatic rings. The first kappa shape index (κ1) is 17.3. The molecule has 1 aromatic carbocycles. The summed E-state index contributed by atoms with van der Waals surface area (Å²) in [7, 11) is 3.30. The normalized spacial score (nSPS) is 20.7. The lowest BCUT2D eigenvalue weighted by atomic mass is 9.98. The second-order valence-corrected chi connectivity index (χ2v) is 6.82. The minimum absolute atomic E-state index is 0.173. The van der Waals surface area contributed by atoms with E-state index in [-0.39, 0.29) is 25.2 Å². The van der Waals surface area contributed by atoms with Crippen molar-refractivity contribution < 1.29 is 19.5 Å². The number of hydrogen-bond acceptors (Lipinski definition) is 4. The van der Waals surface area contributed by atoms with Gasteiger partial charge in [-0.25, -0.2) is 9.59 Å². The number of carbonyl (C=O) groups is 2. The average molecular weight is 371 g/mol. The van der Waals surface area contributed by atoms with Crippen LogP contribution in [0.15, 0.2) is 36.5 Å². The average Bonchev–Trinajstić information content (AvgIpc) is 3.17. The van der Waals surface area contributed by atoms with E-state index in [9.17, 15) is 14.7 Å². The fourth-order valence-corrected chi connectivity index (χ4v) is 3.75. The molecule has 2 bridgehead atoms. The number of amides is 3. The Bertz CT molecular complexity index is 868. The third-order valence-corrected chi connectivity index (χ3v) is 5.14. The second-order valence-electron chi connectivity index (χ2n) is 6.82. The maximum Gasteiger partial charge on any atom is 0.407 e. The molecule has 0 spiro atoms. The van der Waals surface area contributed by atoms with E-state index in [0.29, 0.717) is 6.54 Å². The minimum Gasteiger partial charge on any atom is -0.465 e. The Balaban J connectivity index is 1.61. The van der Waals surface area contributed by atoms with E-state index in [1.807, 2.05) is 30.3 Å². The maximum absolute atomic E-state index is 13.0. The lowest BCUT2D eigenvalue weighted by Crippen LogP contribution is -2.42. The first-order valence-electron chi connectivity index (χ1n) is 8.70. The Morgan fingerprint density at radius 2 is 2.11 bits per heavy atom.